The molecule has 2 heterocycles. The van der Waals surface area contributed by atoms with Gasteiger partial charge in [0.05, 0.1) is 17.1 Å². The van der Waals surface area contributed by atoms with E-state index < -0.39 is 11.7 Å². The SMILES string of the molecule is O=C(/C=C/c1ccc(Cl)c(C(F)(F)F)c1)N1CCN(CC(=O)N2CCCCCC2)CC1. The van der Waals surface area contributed by atoms with Crippen molar-refractivity contribution in [3.63, 3.8) is 0 Å². The van der Waals surface area contributed by atoms with Gasteiger partial charge in [0.15, 0.2) is 0 Å². The van der Waals surface area contributed by atoms with Gasteiger partial charge in [-0.3, -0.25) is 14.5 Å². The van der Waals surface area contributed by atoms with E-state index in [0.29, 0.717) is 32.7 Å². The number of likely N-dealkylation sites (tertiary alicyclic amines) is 1. The van der Waals surface area contributed by atoms with Crippen molar-refractivity contribution in [3.8, 4) is 0 Å². The van der Waals surface area contributed by atoms with E-state index in [1.54, 1.807) is 4.90 Å². The van der Waals surface area contributed by atoms with Crippen molar-refractivity contribution in [2.45, 2.75) is 31.9 Å². The first-order chi connectivity index (χ1) is 14.7. The van der Waals surface area contributed by atoms with Crippen molar-refractivity contribution in [1.82, 2.24) is 14.7 Å². The molecule has 3 rings (SSSR count). The van der Waals surface area contributed by atoms with Gasteiger partial charge in [-0.2, -0.15) is 13.2 Å². The van der Waals surface area contributed by atoms with Gasteiger partial charge in [0, 0.05) is 45.3 Å². The highest BCUT2D eigenvalue weighted by Crippen LogP contribution is 2.35. The van der Waals surface area contributed by atoms with E-state index in [0.717, 1.165) is 32.0 Å². The predicted molar refractivity (Wildman–Crippen MR) is 114 cm³/mol. The van der Waals surface area contributed by atoms with Gasteiger partial charge >= 0.3 is 6.18 Å². The molecule has 1 aromatic carbocycles. The second-order valence-electron chi connectivity index (χ2n) is 7.97. The zero-order valence-electron chi connectivity index (χ0n) is 17.3. The van der Waals surface area contributed by atoms with Crippen molar-refractivity contribution in [2.75, 3.05) is 45.8 Å². The molecule has 2 aliphatic rings. The molecule has 2 saturated heterocycles. The third-order valence-corrected chi connectivity index (χ3v) is 6.05. The lowest BCUT2D eigenvalue weighted by molar-refractivity contribution is -0.137. The quantitative estimate of drug-likeness (QED) is 0.644. The lowest BCUT2D eigenvalue weighted by Gasteiger charge is -2.34. The predicted octanol–water partition coefficient (Wildman–Crippen LogP) is 3.92. The molecule has 5 nitrogen and oxygen atoms in total. The van der Waals surface area contributed by atoms with Crippen molar-refractivity contribution in [2.24, 2.45) is 0 Å². The fourth-order valence-electron chi connectivity index (χ4n) is 3.87. The minimum atomic E-state index is -4.55. The van der Waals surface area contributed by atoms with Crippen molar-refractivity contribution >= 4 is 29.5 Å². The second-order valence-corrected chi connectivity index (χ2v) is 8.37. The third-order valence-electron chi connectivity index (χ3n) is 5.72. The minimum Gasteiger partial charge on any atom is -0.342 e. The number of amides is 2. The second kappa shape index (κ2) is 10.5. The van der Waals surface area contributed by atoms with Gasteiger partial charge in [0.1, 0.15) is 0 Å². The smallest absolute Gasteiger partial charge is 0.342 e. The standard InChI is InChI=1S/C22H27ClF3N3O2/c23-19-7-5-17(15-18(19)22(24,25)26)6-8-20(30)29-13-11-27(12-14-29)16-21(31)28-9-3-1-2-4-10-28/h5-8,15H,1-4,9-14,16H2/b8-6+. The molecule has 0 bridgehead atoms. The number of carbonyl (C=O) groups excluding carboxylic acids is 2. The highest BCUT2D eigenvalue weighted by molar-refractivity contribution is 6.31. The average molecular weight is 458 g/mol. The van der Waals surface area contributed by atoms with E-state index in [1.807, 2.05) is 4.90 Å². The van der Waals surface area contributed by atoms with Crippen molar-refractivity contribution in [1.29, 1.82) is 0 Å². The van der Waals surface area contributed by atoms with Crippen LogP contribution in [0, 0.1) is 0 Å². The van der Waals surface area contributed by atoms with Crippen LogP contribution in [0.1, 0.15) is 36.8 Å². The molecule has 2 amide bonds. The Morgan fingerprint density at radius 2 is 1.58 bits per heavy atom. The van der Waals surface area contributed by atoms with Crippen molar-refractivity contribution in [3.05, 3.63) is 40.4 Å². The first kappa shape index (κ1) is 23.6. The fourth-order valence-corrected chi connectivity index (χ4v) is 4.10. The summed E-state index contributed by atoms with van der Waals surface area (Å²) in [6, 6.07) is 3.54. The number of piperazine rings is 1. The molecule has 0 unspecified atom stereocenters. The molecule has 2 fully saturated rings. The summed E-state index contributed by atoms with van der Waals surface area (Å²) >= 11 is 5.62. The summed E-state index contributed by atoms with van der Waals surface area (Å²) in [6.45, 7) is 4.15. The summed E-state index contributed by atoms with van der Waals surface area (Å²) in [5.41, 5.74) is -0.668. The van der Waals surface area contributed by atoms with E-state index in [4.69, 9.17) is 11.6 Å². The number of benzene rings is 1. The monoisotopic (exact) mass is 457 g/mol. The highest BCUT2D eigenvalue weighted by atomic mass is 35.5. The van der Waals surface area contributed by atoms with Gasteiger partial charge in [-0.1, -0.05) is 30.5 Å². The number of hydrogen-bond donors (Lipinski definition) is 0. The lowest BCUT2D eigenvalue weighted by atomic mass is 10.1. The number of carbonyl (C=O) groups is 2. The molecule has 9 heteroatoms. The Kier molecular flexibility index (Phi) is 8.00. The van der Waals surface area contributed by atoms with Crippen LogP contribution in [0.15, 0.2) is 24.3 Å². The van der Waals surface area contributed by atoms with Crippen LogP contribution in [0.25, 0.3) is 6.08 Å². The Hall–Kier alpha value is -2.06. The molecule has 2 aliphatic heterocycles. The van der Waals surface area contributed by atoms with Crippen LogP contribution in [-0.2, 0) is 15.8 Å². The molecule has 0 N–H and O–H groups in total. The van der Waals surface area contributed by atoms with E-state index in [1.165, 1.54) is 37.1 Å². The van der Waals surface area contributed by atoms with E-state index in [9.17, 15) is 22.8 Å². The van der Waals surface area contributed by atoms with Crippen LogP contribution >= 0.6 is 11.6 Å². The van der Waals surface area contributed by atoms with Gasteiger partial charge in [0.25, 0.3) is 0 Å². The normalized spacial score (nSPS) is 19.0. The fraction of sp³-hybridized carbons (Fsp3) is 0.545. The summed E-state index contributed by atoms with van der Waals surface area (Å²) in [5, 5.41) is -0.373. The Bertz CT molecular complexity index is 813. The molecule has 0 aromatic heterocycles. The maximum Gasteiger partial charge on any atom is 0.417 e. The number of alkyl halides is 3. The highest BCUT2D eigenvalue weighted by Gasteiger charge is 2.33. The molecule has 0 atom stereocenters. The molecule has 0 radical (unpaired) electrons. The van der Waals surface area contributed by atoms with Gasteiger partial charge in [-0.05, 0) is 36.6 Å². The van der Waals surface area contributed by atoms with Gasteiger partial charge in [0.2, 0.25) is 11.8 Å². The number of nitrogens with zero attached hydrogens (tertiary/aromatic N) is 3. The molecule has 170 valence electrons. The van der Waals surface area contributed by atoms with Crippen LogP contribution in [0.3, 0.4) is 0 Å². The number of hydrogen-bond acceptors (Lipinski definition) is 3. The first-order valence-electron chi connectivity index (χ1n) is 10.6. The van der Waals surface area contributed by atoms with Crippen LogP contribution in [0.2, 0.25) is 5.02 Å². The topological polar surface area (TPSA) is 43.9 Å². The molecular formula is C22H27ClF3N3O2. The molecule has 0 saturated carbocycles. The average Bonchev–Trinajstić information content (AvgIpc) is 3.02. The maximum absolute atomic E-state index is 13.0. The number of rotatable bonds is 4. The molecular weight excluding hydrogens is 431 g/mol. The number of halogens is 4. The zero-order valence-corrected chi connectivity index (χ0v) is 18.1. The van der Waals surface area contributed by atoms with E-state index >= 15 is 0 Å². The summed E-state index contributed by atoms with van der Waals surface area (Å²) in [6.07, 6.45) is 2.55. The van der Waals surface area contributed by atoms with Gasteiger partial charge in [-0.15, -0.1) is 0 Å². The summed E-state index contributed by atoms with van der Waals surface area (Å²) < 4.78 is 38.9. The largest absolute Gasteiger partial charge is 0.417 e. The van der Waals surface area contributed by atoms with Gasteiger partial charge < -0.3 is 9.80 Å². The van der Waals surface area contributed by atoms with Crippen LogP contribution in [0.5, 0.6) is 0 Å². The van der Waals surface area contributed by atoms with Crippen LogP contribution < -0.4 is 0 Å². The molecule has 1 aromatic rings. The van der Waals surface area contributed by atoms with Gasteiger partial charge in [-0.25, -0.2) is 0 Å². The molecule has 0 aliphatic carbocycles. The Labute approximate surface area is 185 Å². The van der Waals surface area contributed by atoms with E-state index in [2.05, 4.69) is 4.90 Å². The Morgan fingerprint density at radius 3 is 2.19 bits per heavy atom. The Morgan fingerprint density at radius 1 is 0.935 bits per heavy atom. The third kappa shape index (κ3) is 6.71. The van der Waals surface area contributed by atoms with Crippen LogP contribution in [0.4, 0.5) is 13.2 Å². The molecule has 31 heavy (non-hydrogen) atoms. The van der Waals surface area contributed by atoms with Crippen LogP contribution in [-0.4, -0.2) is 72.3 Å². The zero-order chi connectivity index (χ0) is 22.4. The van der Waals surface area contributed by atoms with Crippen molar-refractivity contribution < 1.29 is 22.8 Å². The summed E-state index contributed by atoms with van der Waals surface area (Å²) in [5.74, 6) is -0.119. The van der Waals surface area contributed by atoms with E-state index in [-0.39, 0.29) is 22.4 Å². The maximum atomic E-state index is 13.0. The summed E-state index contributed by atoms with van der Waals surface area (Å²) in [7, 11) is 0. The molecule has 0 spiro atoms. The Balaban J connectivity index is 1.49. The lowest BCUT2D eigenvalue weighted by Crippen LogP contribution is -2.51. The summed E-state index contributed by atoms with van der Waals surface area (Å²) in [4.78, 5) is 30.6. The minimum absolute atomic E-state index is 0.143. The first-order valence-corrected chi connectivity index (χ1v) is 11.0.